The second-order valence-electron chi connectivity index (χ2n) is 12.3. The largest absolute Gasteiger partial charge is 0.495 e. The van der Waals surface area contributed by atoms with E-state index in [1.807, 2.05) is 32.1 Å². The van der Waals surface area contributed by atoms with Crippen LogP contribution in [0.5, 0.6) is 5.75 Å². The first-order valence-corrected chi connectivity index (χ1v) is 15.5. The SMILES string of the molecule is CN[C@@H](C)C(=O)O/C=C1/CC(=O)N(C)c2cc(cc(OC)c2Cl)C/C(C)=C/C=C/[C@@H](OC)[C@@]2(O)C[C@H](OC(=O)N2)[C@@H](C)[C@@H]2O[C@@]12C. The van der Waals surface area contributed by atoms with Crippen LogP contribution in [-0.2, 0) is 35.0 Å². The molecular formula is C33H44ClN3O9. The van der Waals surface area contributed by atoms with Gasteiger partial charge in [0, 0.05) is 32.1 Å². The van der Waals surface area contributed by atoms with Crippen LogP contribution in [0.2, 0.25) is 5.02 Å². The zero-order chi connectivity index (χ0) is 34.0. The summed E-state index contributed by atoms with van der Waals surface area (Å²) in [4.78, 5) is 40.6. The summed E-state index contributed by atoms with van der Waals surface area (Å²) in [5, 5.41) is 17.2. The average Bonchev–Trinajstić information content (AvgIpc) is 3.71. The van der Waals surface area contributed by atoms with Crippen molar-refractivity contribution in [2.45, 2.75) is 82.6 Å². The predicted molar refractivity (Wildman–Crippen MR) is 172 cm³/mol. The lowest BCUT2D eigenvalue weighted by atomic mass is 9.83. The van der Waals surface area contributed by atoms with Gasteiger partial charge in [-0.25, -0.2) is 9.59 Å². The van der Waals surface area contributed by atoms with Crippen LogP contribution in [0.4, 0.5) is 10.5 Å². The molecule has 0 spiro atoms. The number of hydrogen-bond acceptors (Lipinski definition) is 10. The Morgan fingerprint density at radius 3 is 2.65 bits per heavy atom. The van der Waals surface area contributed by atoms with E-state index in [2.05, 4.69) is 10.6 Å². The summed E-state index contributed by atoms with van der Waals surface area (Å²) in [6.45, 7) is 7.21. The topological polar surface area (TPSA) is 148 Å². The molecule has 3 aliphatic rings. The number of hydrogen-bond donors (Lipinski definition) is 3. The van der Waals surface area contributed by atoms with Crippen LogP contribution in [0.1, 0.15) is 46.1 Å². The second kappa shape index (κ2) is 14.1. The zero-order valence-electron chi connectivity index (χ0n) is 27.5. The minimum absolute atomic E-state index is 0.000898. The number of halogens is 1. The standard InChI is InChI=1S/C33H44ClN3O9/c1-18-10-9-11-26(43-8)33(41)16-25(45-31(40)36-33)19(2)29-32(4,46-29)22(17-44-30(39)20(3)35-5)15-27(38)37(6)23-13-21(12-18)14-24(42-7)28(23)34/h9-11,13-14,17,19-20,25-26,29,35,41H,12,15-16H2,1-8H3,(H,36,40)/b11-9+,18-10+,22-17-/t19-,20+,25+,26-,29+,32+,33+/m1/s1. The molecule has 12 nitrogen and oxygen atoms in total. The van der Waals surface area contributed by atoms with E-state index in [9.17, 15) is 19.5 Å². The Bertz CT molecular complexity index is 1450. The van der Waals surface area contributed by atoms with Gasteiger partial charge < -0.3 is 39.0 Å². The highest BCUT2D eigenvalue weighted by atomic mass is 35.5. The molecule has 0 aliphatic carbocycles. The van der Waals surface area contributed by atoms with Crippen molar-refractivity contribution < 1.29 is 43.2 Å². The molecule has 4 bridgehead atoms. The molecule has 46 heavy (non-hydrogen) atoms. The van der Waals surface area contributed by atoms with Gasteiger partial charge >= 0.3 is 12.1 Å². The molecule has 3 N–H and O–H groups in total. The van der Waals surface area contributed by atoms with E-state index in [-0.39, 0.29) is 23.8 Å². The van der Waals surface area contributed by atoms with E-state index in [1.54, 1.807) is 40.1 Å². The summed E-state index contributed by atoms with van der Waals surface area (Å²) in [7, 11) is 6.20. The van der Waals surface area contributed by atoms with Gasteiger partial charge in [0.1, 0.15) is 34.6 Å². The highest BCUT2D eigenvalue weighted by Gasteiger charge is 2.61. The van der Waals surface area contributed by atoms with Crippen molar-refractivity contribution in [2.24, 2.45) is 5.92 Å². The fraction of sp³-hybridized carbons (Fsp3) is 0.545. The number of nitrogens with zero attached hydrogens (tertiary/aromatic N) is 1. The summed E-state index contributed by atoms with van der Waals surface area (Å²) in [6.07, 6.45) is 3.88. The summed E-state index contributed by atoms with van der Waals surface area (Å²) in [5.41, 5.74) is -0.179. The van der Waals surface area contributed by atoms with E-state index >= 15 is 0 Å². The van der Waals surface area contributed by atoms with Crippen molar-refractivity contribution in [1.82, 2.24) is 10.6 Å². The molecule has 4 rings (SSSR count). The number of carbonyl (C=O) groups excluding carboxylic acids is 3. The normalized spacial score (nSPS) is 33.6. The quantitative estimate of drug-likeness (QED) is 0.242. The third-order valence-electron chi connectivity index (χ3n) is 9.00. The monoisotopic (exact) mass is 661 g/mol. The summed E-state index contributed by atoms with van der Waals surface area (Å²) < 4.78 is 28.5. The van der Waals surface area contributed by atoms with Crippen molar-refractivity contribution in [1.29, 1.82) is 0 Å². The number of aliphatic hydroxyl groups is 1. The Labute approximate surface area is 274 Å². The molecule has 252 valence electrons. The Morgan fingerprint density at radius 2 is 2.00 bits per heavy atom. The van der Waals surface area contributed by atoms with E-state index in [1.165, 1.54) is 25.4 Å². The van der Waals surface area contributed by atoms with E-state index < -0.39 is 53.7 Å². The number of amides is 2. The van der Waals surface area contributed by atoms with Crippen LogP contribution in [0.15, 0.2) is 47.8 Å². The van der Waals surface area contributed by atoms with Gasteiger partial charge in [0.2, 0.25) is 5.91 Å². The number of allylic oxidation sites excluding steroid dienone is 3. The van der Waals surface area contributed by atoms with Gasteiger partial charge in [-0.15, -0.1) is 0 Å². The van der Waals surface area contributed by atoms with Crippen LogP contribution < -0.4 is 20.3 Å². The maximum Gasteiger partial charge on any atom is 0.409 e. The van der Waals surface area contributed by atoms with Crippen LogP contribution in [0, 0.1) is 5.92 Å². The van der Waals surface area contributed by atoms with Crippen LogP contribution >= 0.6 is 11.6 Å². The van der Waals surface area contributed by atoms with Crippen molar-refractivity contribution >= 4 is 35.3 Å². The summed E-state index contributed by atoms with van der Waals surface area (Å²) >= 11 is 6.70. The molecular weight excluding hydrogens is 618 g/mol. The number of likely N-dealkylation sites (N-methyl/N-ethyl adjacent to an activating group) is 1. The maximum atomic E-state index is 13.9. The lowest BCUT2D eigenvalue weighted by Crippen LogP contribution is -2.63. The number of anilines is 1. The summed E-state index contributed by atoms with van der Waals surface area (Å²) in [6, 6.07) is 3.04. The van der Waals surface area contributed by atoms with Gasteiger partial charge in [0.25, 0.3) is 0 Å². The van der Waals surface area contributed by atoms with Crippen molar-refractivity contribution in [3.05, 3.63) is 58.4 Å². The molecule has 1 aromatic rings. The molecule has 2 saturated heterocycles. The maximum absolute atomic E-state index is 13.9. The smallest absolute Gasteiger partial charge is 0.409 e. The highest BCUT2D eigenvalue weighted by molar-refractivity contribution is 6.35. The van der Waals surface area contributed by atoms with Gasteiger partial charge in [0.15, 0.2) is 5.72 Å². The number of alkyl carbamates (subject to hydrolysis) is 1. The number of fused-ring (bicyclic) bond motifs is 5. The van der Waals surface area contributed by atoms with Gasteiger partial charge in [-0.05, 0) is 51.9 Å². The second-order valence-corrected chi connectivity index (χ2v) is 12.7. The third-order valence-corrected chi connectivity index (χ3v) is 9.38. The Kier molecular flexibility index (Phi) is 10.9. The molecule has 13 heteroatoms. The molecule has 3 aliphatic heterocycles. The Balaban J connectivity index is 1.81. The van der Waals surface area contributed by atoms with Crippen molar-refractivity contribution in [2.75, 3.05) is 33.2 Å². The molecule has 0 saturated carbocycles. The van der Waals surface area contributed by atoms with Gasteiger partial charge in [0.05, 0.1) is 31.6 Å². The van der Waals surface area contributed by atoms with Crippen LogP contribution in [0.25, 0.3) is 0 Å². The highest BCUT2D eigenvalue weighted by Crippen LogP contribution is 2.50. The molecule has 7 atom stereocenters. The zero-order valence-corrected chi connectivity index (χ0v) is 28.3. The average molecular weight is 662 g/mol. The number of esters is 1. The van der Waals surface area contributed by atoms with Crippen LogP contribution in [-0.4, -0.2) is 87.1 Å². The first-order chi connectivity index (χ1) is 21.7. The number of benzene rings is 1. The Hall–Kier alpha value is -3.42. The molecule has 2 amide bonds. The fourth-order valence-electron chi connectivity index (χ4n) is 5.88. The number of epoxide rings is 1. The fourth-order valence-corrected chi connectivity index (χ4v) is 6.20. The van der Waals surface area contributed by atoms with Crippen molar-refractivity contribution in [3.8, 4) is 5.75 Å². The Morgan fingerprint density at radius 1 is 1.28 bits per heavy atom. The molecule has 0 unspecified atom stereocenters. The molecule has 2 fully saturated rings. The van der Waals surface area contributed by atoms with Crippen LogP contribution in [0.3, 0.4) is 0 Å². The minimum atomic E-state index is -1.77. The third kappa shape index (κ3) is 7.42. The molecule has 1 aromatic carbocycles. The predicted octanol–water partition coefficient (Wildman–Crippen LogP) is 3.79. The van der Waals surface area contributed by atoms with Gasteiger partial charge in [-0.1, -0.05) is 42.3 Å². The first kappa shape index (κ1) is 35.4. The first-order valence-electron chi connectivity index (χ1n) is 15.1. The number of nitrogens with one attached hydrogen (secondary N) is 2. The van der Waals surface area contributed by atoms with Gasteiger partial charge in [-0.2, -0.15) is 0 Å². The van der Waals surface area contributed by atoms with E-state index in [4.69, 9.17) is 35.3 Å². The number of rotatable bonds is 5. The van der Waals surface area contributed by atoms with E-state index in [0.717, 1.165) is 11.1 Å². The lowest BCUT2D eigenvalue weighted by Gasteiger charge is -2.42. The number of methoxy groups -OCH3 is 2. The van der Waals surface area contributed by atoms with Crippen molar-refractivity contribution in [3.63, 3.8) is 0 Å². The lowest BCUT2D eigenvalue weighted by molar-refractivity contribution is -0.142. The molecule has 0 aromatic heterocycles. The number of ether oxygens (including phenoxy) is 5. The summed E-state index contributed by atoms with van der Waals surface area (Å²) in [5.74, 6) is -0.913. The van der Waals surface area contributed by atoms with E-state index in [0.29, 0.717) is 23.4 Å². The number of carbonyl (C=O) groups is 3. The molecule has 3 heterocycles. The molecule has 0 radical (unpaired) electrons. The minimum Gasteiger partial charge on any atom is -0.495 e. The van der Waals surface area contributed by atoms with Gasteiger partial charge in [-0.3, -0.25) is 10.1 Å².